The number of ether oxygens (including phenoxy) is 1. The number of amides is 1. The molecular formula is C17H14F2N2O3. The topological polar surface area (TPSA) is 70.9 Å². The van der Waals surface area contributed by atoms with Gasteiger partial charge in [-0.25, -0.2) is 13.8 Å². The fraction of sp³-hybridized carbons (Fsp3) is 0.176. The van der Waals surface area contributed by atoms with Gasteiger partial charge < -0.3 is 15.2 Å². The number of aromatic hydroxyl groups is 1. The van der Waals surface area contributed by atoms with Crippen molar-refractivity contribution in [3.63, 3.8) is 0 Å². The first-order chi connectivity index (χ1) is 11.5. The Hall–Kier alpha value is -2.96. The molecule has 5 nitrogen and oxygen atoms in total. The molecule has 2 aromatic carbocycles. The number of halogens is 2. The summed E-state index contributed by atoms with van der Waals surface area (Å²) in [6, 6.07) is 8.41. The fourth-order valence-electron chi connectivity index (χ4n) is 2.49. The Bertz CT molecular complexity index is 786. The average Bonchev–Trinajstić information content (AvgIpc) is 2.99. The van der Waals surface area contributed by atoms with Crippen molar-refractivity contribution in [1.29, 1.82) is 0 Å². The van der Waals surface area contributed by atoms with Crippen LogP contribution >= 0.6 is 0 Å². The molecule has 7 heteroatoms. The van der Waals surface area contributed by atoms with Gasteiger partial charge >= 0.3 is 0 Å². The number of rotatable bonds is 3. The van der Waals surface area contributed by atoms with Crippen molar-refractivity contribution >= 4 is 11.8 Å². The van der Waals surface area contributed by atoms with Crippen LogP contribution in [0.5, 0.6) is 5.75 Å². The number of phenols is 1. The third kappa shape index (κ3) is 2.80. The molecule has 0 aromatic heterocycles. The first-order valence-electron chi connectivity index (χ1n) is 7.20. The zero-order valence-corrected chi connectivity index (χ0v) is 12.7. The number of carbonyl (C=O) groups is 1. The molecule has 1 heterocycles. The second-order valence-corrected chi connectivity index (χ2v) is 5.22. The molecule has 2 N–H and O–H groups in total. The Labute approximate surface area is 136 Å². The molecule has 0 fully saturated rings. The summed E-state index contributed by atoms with van der Waals surface area (Å²) >= 11 is 0. The van der Waals surface area contributed by atoms with E-state index in [0.717, 1.165) is 12.1 Å². The van der Waals surface area contributed by atoms with Gasteiger partial charge in [-0.1, -0.05) is 18.2 Å². The summed E-state index contributed by atoms with van der Waals surface area (Å²) in [6.07, 6.45) is -0.848. The molecule has 0 saturated heterocycles. The molecule has 0 spiro atoms. The maximum absolute atomic E-state index is 14.0. The molecule has 2 aromatic rings. The van der Waals surface area contributed by atoms with E-state index in [4.69, 9.17) is 4.74 Å². The van der Waals surface area contributed by atoms with Gasteiger partial charge in [0.25, 0.3) is 0 Å². The summed E-state index contributed by atoms with van der Waals surface area (Å²) in [5.74, 6) is -2.31. The molecule has 3 rings (SSSR count). The summed E-state index contributed by atoms with van der Waals surface area (Å²) in [5, 5.41) is 11.8. The minimum absolute atomic E-state index is 0.0505. The molecular weight excluding hydrogens is 318 g/mol. The van der Waals surface area contributed by atoms with Crippen LogP contribution in [0.4, 0.5) is 8.78 Å². The molecule has 24 heavy (non-hydrogen) atoms. The van der Waals surface area contributed by atoms with E-state index >= 15 is 0 Å². The highest BCUT2D eigenvalue weighted by Gasteiger charge is 2.39. The number of hydrogen-bond donors (Lipinski definition) is 2. The van der Waals surface area contributed by atoms with Crippen molar-refractivity contribution in [2.45, 2.75) is 12.1 Å². The predicted octanol–water partition coefficient (Wildman–Crippen LogP) is 2.30. The van der Waals surface area contributed by atoms with Crippen LogP contribution in [-0.2, 0) is 9.53 Å². The normalized spacial score (nSPS) is 19.5. The highest BCUT2D eigenvalue weighted by atomic mass is 19.1. The van der Waals surface area contributed by atoms with Gasteiger partial charge in [-0.2, -0.15) is 0 Å². The maximum Gasteiger partial charge on any atom is 0.248 e. The molecule has 2 atom stereocenters. The van der Waals surface area contributed by atoms with Gasteiger partial charge in [0.2, 0.25) is 11.8 Å². The van der Waals surface area contributed by atoms with Crippen LogP contribution < -0.4 is 5.32 Å². The number of nitrogens with one attached hydrogen (secondary N) is 1. The van der Waals surface area contributed by atoms with E-state index < -0.39 is 35.3 Å². The lowest BCUT2D eigenvalue weighted by Crippen LogP contribution is -2.33. The van der Waals surface area contributed by atoms with Gasteiger partial charge in [-0.3, -0.25) is 4.79 Å². The van der Waals surface area contributed by atoms with Crippen molar-refractivity contribution in [3.05, 3.63) is 65.2 Å². The van der Waals surface area contributed by atoms with Crippen LogP contribution in [0, 0.1) is 11.6 Å². The Balaban J connectivity index is 2.02. The monoisotopic (exact) mass is 332 g/mol. The number of benzene rings is 2. The number of aliphatic imine (C=N–C) groups is 1. The van der Waals surface area contributed by atoms with Crippen LogP contribution in [0.25, 0.3) is 0 Å². The molecule has 124 valence electrons. The largest absolute Gasteiger partial charge is 0.508 e. The summed E-state index contributed by atoms with van der Waals surface area (Å²) in [6.45, 7) is 0. The van der Waals surface area contributed by atoms with Gasteiger partial charge in [0.15, 0.2) is 12.1 Å². The second-order valence-electron chi connectivity index (χ2n) is 5.22. The second kappa shape index (κ2) is 6.27. The lowest BCUT2D eigenvalue weighted by molar-refractivity contribution is -0.123. The third-order valence-electron chi connectivity index (χ3n) is 3.69. The Morgan fingerprint density at radius 3 is 2.38 bits per heavy atom. The molecule has 2 unspecified atom stereocenters. The van der Waals surface area contributed by atoms with E-state index in [1.807, 2.05) is 0 Å². The van der Waals surface area contributed by atoms with Crippen LogP contribution in [0.15, 0.2) is 47.5 Å². The van der Waals surface area contributed by atoms with Crippen LogP contribution in [0.3, 0.4) is 0 Å². The Kier molecular flexibility index (Phi) is 4.16. The Morgan fingerprint density at radius 2 is 1.79 bits per heavy atom. The molecule has 0 saturated carbocycles. The van der Waals surface area contributed by atoms with E-state index in [0.29, 0.717) is 5.56 Å². The van der Waals surface area contributed by atoms with Crippen LogP contribution in [0.2, 0.25) is 0 Å². The van der Waals surface area contributed by atoms with Gasteiger partial charge in [0.05, 0.1) is 0 Å². The zero-order valence-electron chi connectivity index (χ0n) is 12.7. The van der Waals surface area contributed by atoms with Gasteiger partial charge in [-0.05, 0) is 29.8 Å². The van der Waals surface area contributed by atoms with Crippen LogP contribution in [0.1, 0.15) is 17.2 Å². The van der Waals surface area contributed by atoms with Crippen LogP contribution in [-0.4, -0.2) is 30.0 Å². The quantitative estimate of drug-likeness (QED) is 0.906. The van der Waals surface area contributed by atoms with E-state index in [1.165, 1.54) is 25.2 Å². The minimum Gasteiger partial charge on any atom is -0.508 e. The van der Waals surface area contributed by atoms with Crippen molar-refractivity contribution in [2.75, 3.05) is 7.05 Å². The number of phenolic OH excluding ortho intramolecular Hbond substituents is 1. The molecule has 1 aliphatic heterocycles. The van der Waals surface area contributed by atoms with Crippen molar-refractivity contribution in [1.82, 2.24) is 5.32 Å². The highest BCUT2D eigenvalue weighted by Crippen LogP contribution is 2.33. The summed E-state index contributed by atoms with van der Waals surface area (Å²) < 4.78 is 33.5. The van der Waals surface area contributed by atoms with E-state index in [2.05, 4.69) is 10.3 Å². The van der Waals surface area contributed by atoms with Crippen molar-refractivity contribution < 1.29 is 23.4 Å². The van der Waals surface area contributed by atoms with E-state index in [9.17, 15) is 18.7 Å². The summed E-state index contributed by atoms with van der Waals surface area (Å²) in [5.41, 5.74) is 0.143. The number of likely N-dealkylation sites (N-methyl/N-ethyl adjacent to an activating group) is 1. The van der Waals surface area contributed by atoms with Gasteiger partial charge in [0, 0.05) is 7.05 Å². The number of carbonyl (C=O) groups excluding carboxylic acids is 1. The highest BCUT2D eigenvalue weighted by molar-refractivity contribution is 5.99. The van der Waals surface area contributed by atoms with Crippen molar-refractivity contribution in [3.8, 4) is 5.75 Å². The average molecular weight is 332 g/mol. The van der Waals surface area contributed by atoms with E-state index in [-0.39, 0.29) is 11.6 Å². The SMILES string of the molecule is CNC(=O)C1N=C(c2c(F)cccc2F)OC1c1ccc(O)cc1. The van der Waals surface area contributed by atoms with Crippen molar-refractivity contribution in [2.24, 2.45) is 4.99 Å². The molecule has 0 aliphatic carbocycles. The third-order valence-corrected chi connectivity index (χ3v) is 3.69. The number of hydrogen-bond acceptors (Lipinski definition) is 4. The molecule has 1 amide bonds. The first kappa shape index (κ1) is 15.9. The van der Waals surface area contributed by atoms with Gasteiger partial charge in [0.1, 0.15) is 22.9 Å². The minimum atomic E-state index is -0.992. The summed E-state index contributed by atoms with van der Waals surface area (Å²) in [7, 11) is 1.44. The summed E-state index contributed by atoms with van der Waals surface area (Å²) in [4.78, 5) is 16.1. The van der Waals surface area contributed by atoms with E-state index in [1.54, 1.807) is 12.1 Å². The maximum atomic E-state index is 14.0. The fourth-order valence-corrected chi connectivity index (χ4v) is 2.49. The lowest BCUT2D eigenvalue weighted by Gasteiger charge is -2.17. The molecule has 0 radical (unpaired) electrons. The molecule has 0 bridgehead atoms. The van der Waals surface area contributed by atoms with Gasteiger partial charge in [-0.15, -0.1) is 0 Å². The first-order valence-corrected chi connectivity index (χ1v) is 7.20. The zero-order chi connectivity index (χ0) is 17.3. The lowest BCUT2D eigenvalue weighted by atomic mass is 10.0. The standard InChI is InChI=1S/C17H14F2N2O3/c1-20-16(23)14-15(9-5-7-10(22)8-6-9)24-17(21-14)13-11(18)3-2-4-12(13)19/h2-8,14-15,22H,1H3,(H,20,23). The predicted molar refractivity (Wildman–Crippen MR) is 82.7 cm³/mol. The Morgan fingerprint density at radius 1 is 1.17 bits per heavy atom. The smallest absolute Gasteiger partial charge is 0.248 e. The number of nitrogens with zero attached hydrogens (tertiary/aromatic N) is 1. The molecule has 1 aliphatic rings.